The van der Waals surface area contributed by atoms with E-state index in [1.54, 1.807) is 30.5 Å². The Labute approximate surface area is 122 Å². The van der Waals surface area contributed by atoms with Gasteiger partial charge in [0.25, 0.3) is 5.91 Å². The van der Waals surface area contributed by atoms with Crippen molar-refractivity contribution in [2.24, 2.45) is 0 Å². The number of carbonyl (C=O) groups excluding carboxylic acids is 1. The summed E-state index contributed by atoms with van der Waals surface area (Å²) in [5.74, 6) is -0.407. The highest BCUT2D eigenvalue weighted by molar-refractivity contribution is 7.09. The quantitative estimate of drug-likeness (QED) is 0.890. The molecule has 0 fully saturated rings. The van der Waals surface area contributed by atoms with Crippen molar-refractivity contribution < 1.29 is 9.90 Å². The zero-order chi connectivity index (χ0) is 14.6. The van der Waals surface area contributed by atoms with Gasteiger partial charge in [-0.15, -0.1) is 11.3 Å². The summed E-state index contributed by atoms with van der Waals surface area (Å²) in [6, 6.07) is 8.91. The lowest BCUT2D eigenvalue weighted by atomic mass is 9.98. The summed E-state index contributed by atoms with van der Waals surface area (Å²) < 4.78 is 0. The molecule has 2 rings (SSSR count). The molecule has 0 radical (unpaired) electrons. The first-order chi connectivity index (χ1) is 9.57. The lowest BCUT2D eigenvalue weighted by molar-refractivity contribution is -0.131. The molecule has 5 heteroatoms. The van der Waals surface area contributed by atoms with Crippen LogP contribution in [0.1, 0.15) is 36.9 Å². The standard InChI is InChI=1S/C15H18N2O2S/c1-3-15(2,14-16-9-10-20-14)17-13(19)12(18)11-7-5-4-6-8-11/h4-10,12,18H,3H2,1-2H3,(H,17,19). The summed E-state index contributed by atoms with van der Waals surface area (Å²) in [7, 11) is 0. The van der Waals surface area contributed by atoms with Gasteiger partial charge in [0, 0.05) is 11.6 Å². The molecular weight excluding hydrogens is 272 g/mol. The van der Waals surface area contributed by atoms with Crippen LogP contribution >= 0.6 is 11.3 Å². The average Bonchev–Trinajstić information content (AvgIpc) is 3.02. The van der Waals surface area contributed by atoms with Crippen LogP contribution in [-0.4, -0.2) is 16.0 Å². The number of hydrogen-bond donors (Lipinski definition) is 2. The summed E-state index contributed by atoms with van der Waals surface area (Å²) in [5, 5.41) is 15.7. The van der Waals surface area contributed by atoms with Crippen LogP contribution < -0.4 is 5.32 Å². The Hall–Kier alpha value is -1.72. The number of thiazole rings is 1. The lowest BCUT2D eigenvalue weighted by Gasteiger charge is -2.28. The van der Waals surface area contributed by atoms with Crippen molar-refractivity contribution in [3.63, 3.8) is 0 Å². The van der Waals surface area contributed by atoms with Gasteiger partial charge < -0.3 is 10.4 Å². The van der Waals surface area contributed by atoms with E-state index < -0.39 is 17.6 Å². The summed E-state index contributed by atoms with van der Waals surface area (Å²) >= 11 is 1.50. The van der Waals surface area contributed by atoms with Gasteiger partial charge in [0.2, 0.25) is 0 Å². The second-order valence-corrected chi connectivity index (χ2v) is 5.72. The van der Waals surface area contributed by atoms with Gasteiger partial charge in [-0.3, -0.25) is 4.79 Å². The van der Waals surface area contributed by atoms with Crippen LogP contribution in [-0.2, 0) is 10.3 Å². The number of carbonyl (C=O) groups is 1. The molecule has 0 aliphatic carbocycles. The molecule has 2 atom stereocenters. The SMILES string of the molecule is CCC(C)(NC(=O)C(O)c1ccccc1)c1nccs1. The molecule has 0 saturated heterocycles. The number of aliphatic hydroxyl groups excluding tert-OH is 1. The zero-order valence-corrected chi connectivity index (χ0v) is 12.4. The predicted molar refractivity (Wildman–Crippen MR) is 79.3 cm³/mol. The van der Waals surface area contributed by atoms with Crippen LogP contribution in [0.4, 0.5) is 0 Å². The van der Waals surface area contributed by atoms with Crippen LogP contribution in [0.5, 0.6) is 0 Å². The van der Waals surface area contributed by atoms with Crippen molar-refractivity contribution in [3.05, 3.63) is 52.5 Å². The third-order valence-corrected chi connectivity index (χ3v) is 4.41. The van der Waals surface area contributed by atoms with Crippen molar-refractivity contribution in [2.45, 2.75) is 31.9 Å². The second-order valence-electron chi connectivity index (χ2n) is 4.83. The normalized spacial score (nSPS) is 15.3. The van der Waals surface area contributed by atoms with Gasteiger partial charge in [-0.05, 0) is 18.9 Å². The smallest absolute Gasteiger partial charge is 0.254 e. The molecule has 1 aromatic carbocycles. The molecule has 1 heterocycles. The molecule has 0 spiro atoms. The van der Waals surface area contributed by atoms with E-state index in [4.69, 9.17) is 0 Å². The number of hydrogen-bond acceptors (Lipinski definition) is 4. The first-order valence-electron chi connectivity index (χ1n) is 6.52. The van der Waals surface area contributed by atoms with Crippen molar-refractivity contribution in [2.75, 3.05) is 0 Å². The Balaban J connectivity index is 2.14. The number of nitrogens with zero attached hydrogens (tertiary/aromatic N) is 1. The third kappa shape index (κ3) is 3.05. The van der Waals surface area contributed by atoms with Crippen molar-refractivity contribution in [1.29, 1.82) is 0 Å². The minimum atomic E-state index is -1.16. The fourth-order valence-electron chi connectivity index (χ4n) is 1.92. The molecule has 0 aliphatic rings. The molecule has 4 nitrogen and oxygen atoms in total. The Morgan fingerprint density at radius 1 is 1.45 bits per heavy atom. The minimum absolute atomic E-state index is 0.407. The Morgan fingerprint density at radius 3 is 2.70 bits per heavy atom. The van der Waals surface area contributed by atoms with Gasteiger partial charge in [-0.1, -0.05) is 37.3 Å². The molecular formula is C15H18N2O2S. The molecule has 0 saturated carbocycles. The van der Waals surface area contributed by atoms with E-state index in [-0.39, 0.29) is 0 Å². The van der Waals surface area contributed by atoms with E-state index in [2.05, 4.69) is 10.3 Å². The zero-order valence-electron chi connectivity index (χ0n) is 11.5. The monoisotopic (exact) mass is 290 g/mol. The van der Waals surface area contributed by atoms with Crippen molar-refractivity contribution in [1.82, 2.24) is 10.3 Å². The molecule has 20 heavy (non-hydrogen) atoms. The molecule has 1 aromatic heterocycles. The van der Waals surface area contributed by atoms with Crippen LogP contribution in [0.2, 0.25) is 0 Å². The van der Waals surface area contributed by atoms with Crippen molar-refractivity contribution in [3.8, 4) is 0 Å². The third-order valence-electron chi connectivity index (χ3n) is 3.37. The van der Waals surface area contributed by atoms with Gasteiger partial charge >= 0.3 is 0 Å². The largest absolute Gasteiger partial charge is 0.378 e. The summed E-state index contributed by atoms with van der Waals surface area (Å²) in [6.45, 7) is 3.90. The fraction of sp³-hybridized carbons (Fsp3) is 0.333. The number of rotatable bonds is 5. The van der Waals surface area contributed by atoms with Crippen LogP contribution in [0.3, 0.4) is 0 Å². The molecule has 0 bridgehead atoms. The number of benzene rings is 1. The van der Waals surface area contributed by atoms with E-state index in [1.807, 2.05) is 25.3 Å². The maximum absolute atomic E-state index is 12.2. The Kier molecular flexibility index (Phi) is 4.52. The molecule has 1 amide bonds. The summed E-state index contributed by atoms with van der Waals surface area (Å²) in [6.07, 6.45) is 1.25. The topological polar surface area (TPSA) is 62.2 Å². The molecule has 2 aromatic rings. The van der Waals surface area contributed by atoms with Crippen LogP contribution in [0.15, 0.2) is 41.9 Å². The molecule has 2 N–H and O–H groups in total. The number of aliphatic hydroxyl groups is 1. The number of nitrogens with one attached hydrogen (secondary N) is 1. The molecule has 106 valence electrons. The van der Waals surface area contributed by atoms with E-state index in [0.29, 0.717) is 12.0 Å². The Morgan fingerprint density at radius 2 is 2.15 bits per heavy atom. The van der Waals surface area contributed by atoms with Crippen LogP contribution in [0, 0.1) is 0 Å². The maximum Gasteiger partial charge on any atom is 0.254 e. The lowest BCUT2D eigenvalue weighted by Crippen LogP contribution is -2.45. The second kappa shape index (κ2) is 6.15. The maximum atomic E-state index is 12.2. The van der Waals surface area contributed by atoms with Gasteiger partial charge in [-0.25, -0.2) is 4.98 Å². The average molecular weight is 290 g/mol. The van der Waals surface area contributed by atoms with Gasteiger partial charge in [0.05, 0.1) is 5.54 Å². The van der Waals surface area contributed by atoms with E-state index in [1.165, 1.54) is 11.3 Å². The molecule has 2 unspecified atom stereocenters. The predicted octanol–water partition coefficient (Wildman–Crippen LogP) is 2.62. The van der Waals surface area contributed by atoms with Gasteiger partial charge in [0.1, 0.15) is 5.01 Å². The van der Waals surface area contributed by atoms with E-state index in [0.717, 1.165) is 5.01 Å². The first-order valence-corrected chi connectivity index (χ1v) is 7.40. The summed E-state index contributed by atoms with van der Waals surface area (Å²) in [5.41, 5.74) is 0.0312. The highest BCUT2D eigenvalue weighted by atomic mass is 32.1. The Bertz CT molecular complexity index is 557. The van der Waals surface area contributed by atoms with E-state index in [9.17, 15) is 9.90 Å². The first kappa shape index (κ1) is 14.7. The molecule has 0 aliphatic heterocycles. The highest BCUT2D eigenvalue weighted by Crippen LogP contribution is 2.27. The van der Waals surface area contributed by atoms with Gasteiger partial charge in [-0.2, -0.15) is 0 Å². The number of amides is 1. The number of aromatic nitrogens is 1. The van der Waals surface area contributed by atoms with Gasteiger partial charge in [0.15, 0.2) is 6.10 Å². The van der Waals surface area contributed by atoms with Crippen molar-refractivity contribution >= 4 is 17.2 Å². The minimum Gasteiger partial charge on any atom is -0.378 e. The highest BCUT2D eigenvalue weighted by Gasteiger charge is 2.31. The van der Waals surface area contributed by atoms with E-state index >= 15 is 0 Å². The summed E-state index contributed by atoms with van der Waals surface area (Å²) in [4.78, 5) is 16.5. The van der Waals surface area contributed by atoms with Crippen LogP contribution in [0.25, 0.3) is 0 Å². The fourth-order valence-corrected chi connectivity index (χ4v) is 2.74.